The monoisotopic (exact) mass is 330 g/mol. The van der Waals surface area contributed by atoms with E-state index in [9.17, 15) is 4.79 Å². The van der Waals surface area contributed by atoms with Gasteiger partial charge in [-0.2, -0.15) is 5.10 Å². The van der Waals surface area contributed by atoms with E-state index in [1.165, 1.54) is 16.7 Å². The van der Waals surface area contributed by atoms with Gasteiger partial charge >= 0.3 is 6.03 Å². The molecule has 2 amide bonds. The summed E-state index contributed by atoms with van der Waals surface area (Å²) >= 11 is 0. The second-order valence-electron chi connectivity index (χ2n) is 6.11. The summed E-state index contributed by atoms with van der Waals surface area (Å²) in [6.07, 6.45) is 0. The maximum Gasteiger partial charge on any atom is 0.315 e. The van der Waals surface area contributed by atoms with Gasteiger partial charge in [0.1, 0.15) is 0 Å². The van der Waals surface area contributed by atoms with Crippen LogP contribution >= 0.6 is 0 Å². The predicted molar refractivity (Wildman–Crippen MR) is 94.2 cm³/mol. The fourth-order valence-corrected chi connectivity index (χ4v) is 3.03. The first-order valence-corrected chi connectivity index (χ1v) is 7.98. The van der Waals surface area contributed by atoms with Crippen molar-refractivity contribution in [3.63, 3.8) is 0 Å². The molecule has 0 saturated heterocycles. The van der Waals surface area contributed by atoms with Gasteiger partial charge in [-0.3, -0.25) is 0 Å². The number of aryl methyl sites for hydroxylation is 5. The highest BCUT2D eigenvalue weighted by molar-refractivity contribution is 5.74. The molecule has 1 aromatic heterocycles. The first-order valence-electron chi connectivity index (χ1n) is 7.98. The second kappa shape index (κ2) is 7.38. The molecular weight excluding hydrogens is 304 g/mol. The topological polar surface area (TPSA) is 68.2 Å². The van der Waals surface area contributed by atoms with E-state index in [-0.39, 0.29) is 6.03 Å². The zero-order valence-electron chi connectivity index (χ0n) is 15.3. The van der Waals surface area contributed by atoms with Crippen molar-refractivity contribution in [2.45, 2.75) is 40.8 Å². The summed E-state index contributed by atoms with van der Waals surface area (Å²) < 4.78 is 7.00. The lowest BCUT2D eigenvalue weighted by Crippen LogP contribution is -2.35. The lowest BCUT2D eigenvalue weighted by Gasteiger charge is -2.13. The molecule has 2 aromatic rings. The van der Waals surface area contributed by atoms with Crippen molar-refractivity contribution >= 4 is 6.03 Å². The zero-order chi connectivity index (χ0) is 17.9. The van der Waals surface area contributed by atoms with E-state index >= 15 is 0 Å². The molecule has 1 heterocycles. The van der Waals surface area contributed by atoms with E-state index in [1.54, 1.807) is 11.8 Å². The molecule has 6 heteroatoms. The molecule has 6 nitrogen and oxygen atoms in total. The highest BCUT2D eigenvalue weighted by atomic mass is 16.5. The minimum atomic E-state index is -0.209. The number of carbonyl (C=O) groups excluding carboxylic acids is 1. The summed E-state index contributed by atoms with van der Waals surface area (Å²) in [5, 5.41) is 10.1. The van der Waals surface area contributed by atoms with Crippen LogP contribution in [-0.2, 0) is 20.1 Å². The van der Waals surface area contributed by atoms with Crippen LogP contribution < -0.4 is 15.4 Å². The zero-order valence-corrected chi connectivity index (χ0v) is 15.3. The fraction of sp³-hybridized carbons (Fsp3) is 0.444. The third-order valence-corrected chi connectivity index (χ3v) is 4.17. The molecule has 0 spiro atoms. The molecule has 24 heavy (non-hydrogen) atoms. The molecule has 2 rings (SSSR count). The molecule has 0 fully saturated rings. The Morgan fingerprint density at radius 3 is 2.17 bits per heavy atom. The Hall–Kier alpha value is -2.50. The van der Waals surface area contributed by atoms with Crippen LogP contribution in [0.4, 0.5) is 4.79 Å². The summed E-state index contributed by atoms with van der Waals surface area (Å²) in [4.78, 5) is 12.1. The van der Waals surface area contributed by atoms with Gasteiger partial charge in [0, 0.05) is 13.6 Å². The third-order valence-electron chi connectivity index (χ3n) is 4.17. The Bertz CT molecular complexity index is 727. The molecule has 0 unspecified atom stereocenters. The van der Waals surface area contributed by atoms with Crippen molar-refractivity contribution in [1.82, 2.24) is 20.4 Å². The fourth-order valence-electron chi connectivity index (χ4n) is 3.03. The van der Waals surface area contributed by atoms with E-state index in [0.29, 0.717) is 19.0 Å². The SMILES string of the molecule is COc1c(CNC(=O)NCc2c(C)cc(C)cc2C)c(C)nn1C. The van der Waals surface area contributed by atoms with Crippen molar-refractivity contribution in [3.8, 4) is 5.88 Å². The Morgan fingerprint density at radius 2 is 1.62 bits per heavy atom. The minimum absolute atomic E-state index is 0.209. The molecule has 130 valence electrons. The standard InChI is InChI=1S/C18H26N4O2/c1-11-7-12(2)15(13(3)8-11)9-19-18(23)20-10-16-14(4)21-22(5)17(16)24-6/h7-8H,9-10H2,1-6H3,(H2,19,20,23). The average Bonchev–Trinajstić information content (AvgIpc) is 2.77. The number of benzene rings is 1. The number of nitrogens with one attached hydrogen (secondary N) is 2. The lowest BCUT2D eigenvalue weighted by molar-refractivity contribution is 0.240. The van der Waals surface area contributed by atoms with Crippen molar-refractivity contribution < 1.29 is 9.53 Å². The maximum absolute atomic E-state index is 12.1. The van der Waals surface area contributed by atoms with Gasteiger partial charge in [-0.1, -0.05) is 17.7 Å². The smallest absolute Gasteiger partial charge is 0.315 e. The van der Waals surface area contributed by atoms with Gasteiger partial charge in [0.25, 0.3) is 0 Å². The van der Waals surface area contributed by atoms with Gasteiger partial charge in [0.05, 0.1) is 24.9 Å². The number of methoxy groups -OCH3 is 1. The van der Waals surface area contributed by atoms with Crippen LogP contribution in [0.5, 0.6) is 5.88 Å². The van der Waals surface area contributed by atoms with Crippen LogP contribution in [0.25, 0.3) is 0 Å². The number of ether oxygens (including phenoxy) is 1. The number of carbonyl (C=O) groups is 1. The normalized spacial score (nSPS) is 10.6. The number of urea groups is 1. The summed E-state index contributed by atoms with van der Waals surface area (Å²) in [6, 6.07) is 4.05. The van der Waals surface area contributed by atoms with Gasteiger partial charge in [0.2, 0.25) is 5.88 Å². The van der Waals surface area contributed by atoms with E-state index < -0.39 is 0 Å². The quantitative estimate of drug-likeness (QED) is 0.885. The number of hydrogen-bond acceptors (Lipinski definition) is 3. The van der Waals surface area contributed by atoms with Crippen molar-refractivity contribution in [3.05, 3.63) is 45.6 Å². The molecule has 0 atom stereocenters. The number of aromatic nitrogens is 2. The molecule has 0 radical (unpaired) electrons. The van der Waals surface area contributed by atoms with Crippen LogP contribution in [0.2, 0.25) is 0 Å². The van der Waals surface area contributed by atoms with Gasteiger partial charge in [-0.25, -0.2) is 9.48 Å². The Kier molecular flexibility index (Phi) is 5.49. The number of amides is 2. The predicted octanol–water partition coefficient (Wildman–Crippen LogP) is 2.66. The lowest BCUT2D eigenvalue weighted by atomic mass is 10.00. The van der Waals surface area contributed by atoms with E-state index in [1.807, 2.05) is 14.0 Å². The van der Waals surface area contributed by atoms with Crippen molar-refractivity contribution in [2.24, 2.45) is 7.05 Å². The summed E-state index contributed by atoms with van der Waals surface area (Å²) in [5.74, 6) is 0.665. The number of rotatable bonds is 5. The van der Waals surface area contributed by atoms with Crippen LogP contribution in [0.3, 0.4) is 0 Å². The molecule has 0 saturated carbocycles. The highest BCUT2D eigenvalue weighted by Crippen LogP contribution is 2.20. The van der Waals surface area contributed by atoms with Crippen molar-refractivity contribution in [1.29, 1.82) is 0 Å². The first kappa shape index (κ1) is 17.8. The molecule has 0 aliphatic carbocycles. The molecule has 0 bridgehead atoms. The third kappa shape index (κ3) is 3.88. The maximum atomic E-state index is 12.1. The van der Waals surface area contributed by atoms with Crippen molar-refractivity contribution in [2.75, 3.05) is 7.11 Å². The van der Waals surface area contributed by atoms with E-state index in [0.717, 1.165) is 16.8 Å². The minimum Gasteiger partial charge on any atom is -0.481 e. The Morgan fingerprint density at radius 1 is 1.08 bits per heavy atom. The highest BCUT2D eigenvalue weighted by Gasteiger charge is 2.14. The Labute approximate surface area is 143 Å². The molecule has 2 N–H and O–H groups in total. The Balaban J connectivity index is 1.96. The largest absolute Gasteiger partial charge is 0.481 e. The molecule has 1 aromatic carbocycles. The van der Waals surface area contributed by atoms with Gasteiger partial charge in [-0.05, 0) is 44.4 Å². The van der Waals surface area contributed by atoms with Gasteiger partial charge in [-0.15, -0.1) is 0 Å². The molecule has 0 aliphatic rings. The summed E-state index contributed by atoms with van der Waals surface area (Å²) in [6.45, 7) is 9.00. The van der Waals surface area contributed by atoms with Crippen LogP contribution in [0.15, 0.2) is 12.1 Å². The number of hydrogen-bond donors (Lipinski definition) is 2. The average molecular weight is 330 g/mol. The van der Waals surface area contributed by atoms with Crippen LogP contribution in [-0.4, -0.2) is 22.9 Å². The van der Waals surface area contributed by atoms with Crippen LogP contribution in [0.1, 0.15) is 33.5 Å². The number of nitrogens with zero attached hydrogens (tertiary/aromatic N) is 2. The van der Waals surface area contributed by atoms with Crippen LogP contribution in [0, 0.1) is 27.7 Å². The van der Waals surface area contributed by atoms with Gasteiger partial charge < -0.3 is 15.4 Å². The molecule has 0 aliphatic heterocycles. The van der Waals surface area contributed by atoms with E-state index in [4.69, 9.17) is 4.74 Å². The first-order chi connectivity index (χ1) is 11.3. The summed E-state index contributed by atoms with van der Waals surface area (Å²) in [7, 11) is 3.42. The second-order valence-corrected chi connectivity index (χ2v) is 6.11. The molecular formula is C18H26N4O2. The van der Waals surface area contributed by atoms with E-state index in [2.05, 4.69) is 48.6 Å². The van der Waals surface area contributed by atoms with Gasteiger partial charge in [0.15, 0.2) is 0 Å². The summed E-state index contributed by atoms with van der Waals surface area (Å²) in [5.41, 5.74) is 6.51.